The molecule has 1 atom stereocenters. The van der Waals surface area contributed by atoms with Crippen molar-refractivity contribution in [3.63, 3.8) is 0 Å². The summed E-state index contributed by atoms with van der Waals surface area (Å²) in [5.41, 5.74) is -1.02. The van der Waals surface area contributed by atoms with E-state index in [9.17, 15) is 4.39 Å². The molecule has 0 aromatic heterocycles. The number of alkyl halides is 1. The van der Waals surface area contributed by atoms with Crippen LogP contribution in [0.2, 0.25) is 0 Å². The lowest BCUT2D eigenvalue weighted by Gasteiger charge is -2.26. The summed E-state index contributed by atoms with van der Waals surface area (Å²) >= 11 is 0. The highest BCUT2D eigenvalue weighted by atomic mass is 19.1. The number of rotatable bonds is 2. The minimum absolute atomic E-state index is 0.150. The first-order valence-electron chi connectivity index (χ1n) is 3.54. The second-order valence-corrected chi connectivity index (χ2v) is 3.60. The fourth-order valence-corrected chi connectivity index (χ4v) is 0.793. The molecule has 0 radical (unpaired) electrons. The van der Waals surface area contributed by atoms with Crippen LogP contribution in [-0.2, 0) is 0 Å². The molecule has 0 aromatic carbocycles. The van der Waals surface area contributed by atoms with Gasteiger partial charge in [0.05, 0.1) is 0 Å². The van der Waals surface area contributed by atoms with Gasteiger partial charge in [-0.3, -0.25) is 0 Å². The molecule has 0 saturated heterocycles. The molecular weight excluding hydrogens is 115 g/mol. The predicted molar refractivity (Wildman–Crippen MR) is 39.2 cm³/mol. The third-order valence-corrected chi connectivity index (χ3v) is 2.08. The molecule has 0 aromatic rings. The molecule has 0 N–H and O–H groups in total. The molecule has 0 rings (SSSR count). The van der Waals surface area contributed by atoms with E-state index in [2.05, 4.69) is 0 Å². The van der Waals surface area contributed by atoms with Gasteiger partial charge < -0.3 is 0 Å². The zero-order chi connectivity index (χ0) is 7.65. The van der Waals surface area contributed by atoms with Crippen LogP contribution in [-0.4, -0.2) is 5.67 Å². The Morgan fingerprint density at radius 1 is 1.11 bits per heavy atom. The molecule has 0 unspecified atom stereocenters. The Balaban J connectivity index is 3.88. The topological polar surface area (TPSA) is 0 Å². The van der Waals surface area contributed by atoms with E-state index < -0.39 is 5.67 Å². The summed E-state index contributed by atoms with van der Waals surface area (Å²) in [6, 6.07) is 0. The Morgan fingerprint density at radius 2 is 1.44 bits per heavy atom. The lowest BCUT2D eigenvalue weighted by Crippen LogP contribution is -2.27. The lowest BCUT2D eigenvalue weighted by atomic mass is 9.85. The van der Waals surface area contributed by atoms with Gasteiger partial charge in [-0.2, -0.15) is 0 Å². The van der Waals surface area contributed by atoms with Crippen LogP contribution in [0.25, 0.3) is 0 Å². The summed E-state index contributed by atoms with van der Waals surface area (Å²) in [4.78, 5) is 0. The van der Waals surface area contributed by atoms with E-state index >= 15 is 0 Å². The molecule has 9 heavy (non-hydrogen) atoms. The van der Waals surface area contributed by atoms with Gasteiger partial charge in [-0.1, -0.05) is 20.8 Å². The molecule has 0 nitrogen and oxygen atoms in total. The molecule has 56 valence electrons. The fourth-order valence-electron chi connectivity index (χ4n) is 0.793. The normalized spacial score (nSPS) is 16.3. The first-order chi connectivity index (χ1) is 3.85. The van der Waals surface area contributed by atoms with Crippen LogP contribution in [0, 0.1) is 11.8 Å². The molecular formula is C8H17F. The number of hydrogen-bond acceptors (Lipinski definition) is 0. The van der Waals surface area contributed by atoms with Crippen LogP contribution in [0.5, 0.6) is 0 Å². The Labute approximate surface area is 57.5 Å². The minimum atomic E-state index is -1.02. The molecule has 0 amide bonds. The first-order valence-corrected chi connectivity index (χ1v) is 3.54. The Morgan fingerprint density at radius 3 is 1.44 bits per heavy atom. The van der Waals surface area contributed by atoms with Gasteiger partial charge in [-0.05, 0) is 25.7 Å². The van der Waals surface area contributed by atoms with Crippen LogP contribution in [0.3, 0.4) is 0 Å². The second kappa shape index (κ2) is 2.68. The van der Waals surface area contributed by atoms with Gasteiger partial charge in [0.2, 0.25) is 0 Å². The van der Waals surface area contributed by atoms with E-state index in [1.165, 1.54) is 0 Å². The van der Waals surface area contributed by atoms with Crippen molar-refractivity contribution in [3.05, 3.63) is 0 Å². The van der Waals surface area contributed by atoms with Crippen LogP contribution in [0.15, 0.2) is 0 Å². The maximum atomic E-state index is 13.0. The Kier molecular flexibility index (Phi) is 2.66. The standard InChI is InChI=1S/C8H17F/c1-6(2)7(3)8(4,5)9/h6-7H,1-5H3/t7-/m1/s1. The predicted octanol–water partition coefficient (Wildman–Crippen LogP) is 3.03. The minimum Gasteiger partial charge on any atom is -0.244 e. The molecule has 0 aliphatic heterocycles. The highest BCUT2D eigenvalue weighted by Gasteiger charge is 2.26. The van der Waals surface area contributed by atoms with E-state index in [0.29, 0.717) is 5.92 Å². The van der Waals surface area contributed by atoms with Gasteiger partial charge in [0.25, 0.3) is 0 Å². The number of hydrogen-bond donors (Lipinski definition) is 0. The van der Waals surface area contributed by atoms with Gasteiger partial charge in [-0.15, -0.1) is 0 Å². The molecule has 0 fully saturated rings. The lowest BCUT2D eigenvalue weighted by molar-refractivity contribution is 0.103. The molecule has 0 aliphatic rings. The van der Waals surface area contributed by atoms with Gasteiger partial charge in [0, 0.05) is 0 Å². The average Bonchev–Trinajstić information content (AvgIpc) is 1.62. The van der Waals surface area contributed by atoms with E-state index in [1.807, 2.05) is 20.8 Å². The van der Waals surface area contributed by atoms with E-state index in [-0.39, 0.29) is 5.92 Å². The van der Waals surface area contributed by atoms with Crippen molar-refractivity contribution in [2.75, 3.05) is 0 Å². The largest absolute Gasteiger partial charge is 0.244 e. The summed E-state index contributed by atoms with van der Waals surface area (Å²) in [6.07, 6.45) is 0. The van der Waals surface area contributed by atoms with Gasteiger partial charge in [-0.25, -0.2) is 4.39 Å². The summed E-state index contributed by atoms with van der Waals surface area (Å²) in [5.74, 6) is 0.586. The van der Waals surface area contributed by atoms with Crippen molar-refractivity contribution in [2.24, 2.45) is 11.8 Å². The molecule has 0 heterocycles. The average molecular weight is 132 g/mol. The second-order valence-electron chi connectivity index (χ2n) is 3.60. The summed E-state index contributed by atoms with van der Waals surface area (Å²) in [7, 11) is 0. The van der Waals surface area contributed by atoms with Gasteiger partial charge in [0.1, 0.15) is 5.67 Å². The maximum absolute atomic E-state index is 13.0. The van der Waals surface area contributed by atoms with Crippen LogP contribution in [0.1, 0.15) is 34.6 Å². The van der Waals surface area contributed by atoms with Crippen molar-refractivity contribution < 1.29 is 4.39 Å². The van der Waals surface area contributed by atoms with Crippen LogP contribution >= 0.6 is 0 Å². The van der Waals surface area contributed by atoms with Crippen LogP contribution in [0.4, 0.5) is 4.39 Å². The summed E-state index contributed by atoms with van der Waals surface area (Å²) in [6.45, 7) is 9.32. The molecule has 0 spiro atoms. The third-order valence-electron chi connectivity index (χ3n) is 2.08. The zero-order valence-electron chi connectivity index (χ0n) is 7.03. The van der Waals surface area contributed by atoms with E-state index in [4.69, 9.17) is 0 Å². The maximum Gasteiger partial charge on any atom is 0.108 e. The van der Waals surface area contributed by atoms with Gasteiger partial charge in [0.15, 0.2) is 0 Å². The molecule has 1 heteroatoms. The molecule has 0 aliphatic carbocycles. The highest BCUT2D eigenvalue weighted by Crippen LogP contribution is 2.26. The Hall–Kier alpha value is -0.0700. The smallest absolute Gasteiger partial charge is 0.108 e. The van der Waals surface area contributed by atoms with Crippen molar-refractivity contribution in [1.82, 2.24) is 0 Å². The fraction of sp³-hybridized carbons (Fsp3) is 1.00. The molecule has 0 saturated carbocycles. The van der Waals surface area contributed by atoms with Crippen molar-refractivity contribution in [2.45, 2.75) is 40.3 Å². The summed E-state index contributed by atoms with van der Waals surface area (Å²) < 4.78 is 13.0. The third kappa shape index (κ3) is 2.83. The van der Waals surface area contributed by atoms with Crippen molar-refractivity contribution in [3.8, 4) is 0 Å². The quantitative estimate of drug-likeness (QED) is 0.541. The Bertz CT molecular complexity index is 79.1. The zero-order valence-corrected chi connectivity index (χ0v) is 7.03. The van der Waals surface area contributed by atoms with Crippen molar-refractivity contribution in [1.29, 1.82) is 0 Å². The van der Waals surface area contributed by atoms with Crippen molar-refractivity contribution >= 4 is 0 Å². The first kappa shape index (κ1) is 8.93. The van der Waals surface area contributed by atoms with Crippen LogP contribution < -0.4 is 0 Å². The SMILES string of the molecule is CC(C)[C@@H](C)C(C)(C)F. The summed E-state index contributed by atoms with van der Waals surface area (Å²) in [5, 5.41) is 0. The molecule has 0 bridgehead atoms. The van der Waals surface area contributed by atoms with E-state index in [1.54, 1.807) is 13.8 Å². The monoisotopic (exact) mass is 132 g/mol. The number of halogens is 1. The van der Waals surface area contributed by atoms with E-state index in [0.717, 1.165) is 0 Å². The van der Waals surface area contributed by atoms with Gasteiger partial charge >= 0.3 is 0 Å². The highest BCUT2D eigenvalue weighted by molar-refractivity contribution is 4.75.